The van der Waals surface area contributed by atoms with E-state index in [2.05, 4.69) is 15.9 Å². The molecule has 0 aromatic carbocycles. The van der Waals surface area contributed by atoms with Crippen LogP contribution in [0.2, 0.25) is 5.02 Å². The van der Waals surface area contributed by atoms with Crippen LogP contribution in [0.5, 0.6) is 0 Å². The Morgan fingerprint density at radius 1 is 1.82 bits per heavy atom. The SMILES string of the molecule is O=CC(CBr)c1sccc1Cl. The van der Waals surface area contributed by atoms with Gasteiger partial charge in [-0.15, -0.1) is 11.3 Å². The fraction of sp³-hybridized carbons (Fsp3) is 0.286. The van der Waals surface area contributed by atoms with Crippen LogP contribution in [0, 0.1) is 0 Å². The first-order valence-electron chi connectivity index (χ1n) is 3.03. The summed E-state index contributed by atoms with van der Waals surface area (Å²) in [5.41, 5.74) is 0. The predicted molar refractivity (Wildman–Crippen MR) is 51.9 cm³/mol. The van der Waals surface area contributed by atoms with Crippen LogP contribution < -0.4 is 0 Å². The maximum atomic E-state index is 10.5. The van der Waals surface area contributed by atoms with E-state index in [-0.39, 0.29) is 5.92 Å². The Bertz CT molecular complexity index is 248. The van der Waals surface area contributed by atoms with Crippen molar-refractivity contribution in [2.75, 3.05) is 5.33 Å². The smallest absolute Gasteiger partial charge is 0.129 e. The molecule has 1 rings (SSSR count). The molecule has 0 saturated carbocycles. The number of hydrogen-bond donors (Lipinski definition) is 0. The minimum Gasteiger partial charge on any atom is -0.303 e. The Morgan fingerprint density at radius 3 is 2.91 bits per heavy atom. The van der Waals surface area contributed by atoms with E-state index < -0.39 is 0 Å². The molecule has 0 aliphatic carbocycles. The molecule has 0 aliphatic rings. The molecular formula is C7H6BrClOS. The monoisotopic (exact) mass is 252 g/mol. The van der Waals surface area contributed by atoms with Crippen molar-refractivity contribution < 1.29 is 4.79 Å². The zero-order chi connectivity index (χ0) is 8.27. The number of halogens is 2. The van der Waals surface area contributed by atoms with Crippen LogP contribution in [0.4, 0.5) is 0 Å². The Morgan fingerprint density at radius 2 is 2.55 bits per heavy atom. The molecule has 1 unspecified atom stereocenters. The summed E-state index contributed by atoms with van der Waals surface area (Å²) in [4.78, 5) is 11.4. The highest BCUT2D eigenvalue weighted by molar-refractivity contribution is 9.09. The molecule has 1 atom stereocenters. The fourth-order valence-electron chi connectivity index (χ4n) is 0.738. The van der Waals surface area contributed by atoms with E-state index in [1.54, 1.807) is 6.07 Å². The van der Waals surface area contributed by atoms with Gasteiger partial charge in [-0.1, -0.05) is 27.5 Å². The minimum atomic E-state index is -0.0949. The third kappa shape index (κ3) is 2.04. The van der Waals surface area contributed by atoms with Crippen molar-refractivity contribution in [2.45, 2.75) is 5.92 Å². The molecule has 0 saturated heterocycles. The van der Waals surface area contributed by atoms with Gasteiger partial charge in [0.15, 0.2) is 0 Å². The van der Waals surface area contributed by atoms with E-state index in [1.165, 1.54) is 11.3 Å². The average Bonchev–Trinajstić information content (AvgIpc) is 2.40. The molecule has 4 heteroatoms. The van der Waals surface area contributed by atoms with E-state index >= 15 is 0 Å². The van der Waals surface area contributed by atoms with Gasteiger partial charge in [-0.05, 0) is 11.4 Å². The molecule has 0 fully saturated rings. The Labute approximate surface area is 82.5 Å². The van der Waals surface area contributed by atoms with Crippen LogP contribution in [-0.2, 0) is 4.79 Å². The molecule has 1 heterocycles. The van der Waals surface area contributed by atoms with E-state index in [1.807, 2.05) is 5.38 Å². The van der Waals surface area contributed by atoms with Gasteiger partial charge in [0.25, 0.3) is 0 Å². The van der Waals surface area contributed by atoms with E-state index in [0.717, 1.165) is 11.2 Å². The highest BCUT2D eigenvalue weighted by atomic mass is 79.9. The van der Waals surface area contributed by atoms with Crippen molar-refractivity contribution in [3.63, 3.8) is 0 Å². The van der Waals surface area contributed by atoms with Crippen molar-refractivity contribution in [3.05, 3.63) is 21.3 Å². The summed E-state index contributed by atoms with van der Waals surface area (Å²) >= 11 is 10.6. The van der Waals surface area contributed by atoms with E-state index in [9.17, 15) is 4.79 Å². The highest BCUT2D eigenvalue weighted by Gasteiger charge is 2.13. The van der Waals surface area contributed by atoms with Gasteiger partial charge in [-0.25, -0.2) is 0 Å². The van der Waals surface area contributed by atoms with Crippen molar-refractivity contribution in [1.29, 1.82) is 0 Å². The molecule has 60 valence electrons. The number of carbonyl (C=O) groups excluding carboxylic acids is 1. The number of carbonyl (C=O) groups is 1. The molecule has 1 aromatic rings. The number of thiophene rings is 1. The van der Waals surface area contributed by atoms with Gasteiger partial charge >= 0.3 is 0 Å². The van der Waals surface area contributed by atoms with Gasteiger partial charge in [0.1, 0.15) is 6.29 Å². The van der Waals surface area contributed by atoms with Crippen LogP contribution >= 0.6 is 38.9 Å². The lowest BCUT2D eigenvalue weighted by Crippen LogP contribution is -1.98. The average molecular weight is 254 g/mol. The van der Waals surface area contributed by atoms with Gasteiger partial charge in [0.05, 0.1) is 10.9 Å². The summed E-state index contributed by atoms with van der Waals surface area (Å²) in [5, 5.41) is 3.21. The zero-order valence-corrected chi connectivity index (χ0v) is 8.75. The summed E-state index contributed by atoms with van der Waals surface area (Å²) in [6, 6.07) is 1.81. The zero-order valence-electron chi connectivity index (χ0n) is 5.59. The van der Waals surface area contributed by atoms with Crippen LogP contribution in [0.25, 0.3) is 0 Å². The summed E-state index contributed by atoms with van der Waals surface area (Å²) in [6.45, 7) is 0. The van der Waals surface area contributed by atoms with E-state index in [4.69, 9.17) is 11.6 Å². The lowest BCUT2D eigenvalue weighted by atomic mass is 10.2. The topological polar surface area (TPSA) is 17.1 Å². The van der Waals surface area contributed by atoms with Gasteiger partial charge in [0, 0.05) is 10.2 Å². The maximum Gasteiger partial charge on any atom is 0.129 e. The Balaban J connectivity index is 2.89. The quantitative estimate of drug-likeness (QED) is 0.598. The van der Waals surface area contributed by atoms with Gasteiger partial charge in [-0.3, -0.25) is 0 Å². The number of rotatable bonds is 3. The molecule has 1 aromatic heterocycles. The molecule has 1 nitrogen and oxygen atoms in total. The fourth-order valence-corrected chi connectivity index (χ4v) is 2.69. The van der Waals surface area contributed by atoms with Gasteiger partial charge in [0.2, 0.25) is 0 Å². The first-order valence-corrected chi connectivity index (χ1v) is 5.41. The Kier molecular flexibility index (Phi) is 3.55. The molecular weight excluding hydrogens is 247 g/mol. The highest BCUT2D eigenvalue weighted by Crippen LogP contribution is 2.29. The second-order valence-electron chi connectivity index (χ2n) is 2.03. The number of alkyl halides is 1. The van der Waals surface area contributed by atoms with Crippen LogP contribution in [-0.4, -0.2) is 11.6 Å². The Hall–Kier alpha value is 0.140. The molecule has 0 amide bonds. The minimum absolute atomic E-state index is 0.0949. The van der Waals surface area contributed by atoms with Crippen molar-refractivity contribution in [1.82, 2.24) is 0 Å². The second kappa shape index (κ2) is 4.24. The predicted octanol–water partition coefficient (Wildman–Crippen LogP) is 3.08. The summed E-state index contributed by atoms with van der Waals surface area (Å²) < 4.78 is 0. The van der Waals surface area contributed by atoms with Crippen LogP contribution in [0.15, 0.2) is 11.4 Å². The normalized spacial score (nSPS) is 12.9. The van der Waals surface area contributed by atoms with Crippen LogP contribution in [0.3, 0.4) is 0 Å². The first-order chi connectivity index (χ1) is 5.29. The van der Waals surface area contributed by atoms with E-state index in [0.29, 0.717) is 10.4 Å². The third-order valence-electron chi connectivity index (χ3n) is 1.31. The van der Waals surface area contributed by atoms with Gasteiger partial charge < -0.3 is 4.79 Å². The summed E-state index contributed by atoms with van der Waals surface area (Å²) in [7, 11) is 0. The third-order valence-corrected chi connectivity index (χ3v) is 3.50. The van der Waals surface area contributed by atoms with Crippen LogP contribution in [0.1, 0.15) is 10.8 Å². The number of hydrogen-bond acceptors (Lipinski definition) is 2. The summed E-state index contributed by atoms with van der Waals surface area (Å²) in [5.74, 6) is -0.0949. The molecule has 11 heavy (non-hydrogen) atoms. The molecule has 0 aliphatic heterocycles. The first kappa shape index (κ1) is 9.23. The lowest BCUT2D eigenvalue weighted by molar-refractivity contribution is -0.108. The number of aldehydes is 1. The maximum absolute atomic E-state index is 10.5. The lowest BCUT2D eigenvalue weighted by Gasteiger charge is -2.02. The second-order valence-corrected chi connectivity index (χ2v) is 4.03. The van der Waals surface area contributed by atoms with Crippen molar-refractivity contribution in [2.24, 2.45) is 0 Å². The molecule has 0 N–H and O–H groups in total. The summed E-state index contributed by atoms with van der Waals surface area (Å²) in [6.07, 6.45) is 0.909. The van der Waals surface area contributed by atoms with Gasteiger partial charge in [-0.2, -0.15) is 0 Å². The molecule has 0 bridgehead atoms. The standard InChI is InChI=1S/C7H6BrClOS/c8-3-5(4-10)7-6(9)1-2-11-7/h1-2,4-5H,3H2. The molecule has 0 radical (unpaired) electrons. The van der Waals surface area contributed by atoms with Crippen molar-refractivity contribution >= 4 is 45.2 Å². The largest absolute Gasteiger partial charge is 0.303 e. The van der Waals surface area contributed by atoms with Crippen molar-refractivity contribution in [3.8, 4) is 0 Å². The molecule has 0 spiro atoms.